The van der Waals surface area contributed by atoms with Crippen molar-refractivity contribution in [2.75, 3.05) is 0 Å². The summed E-state index contributed by atoms with van der Waals surface area (Å²) in [6.45, 7) is 7.73. The van der Waals surface area contributed by atoms with Crippen molar-refractivity contribution in [3.8, 4) is 0 Å². The molecule has 1 unspecified atom stereocenters. The van der Waals surface area contributed by atoms with Crippen LogP contribution < -0.4 is 0 Å². The molecule has 0 bridgehead atoms. The third-order valence-corrected chi connectivity index (χ3v) is 2.13. The van der Waals surface area contributed by atoms with Crippen LogP contribution in [0.5, 0.6) is 0 Å². The van der Waals surface area contributed by atoms with Crippen molar-refractivity contribution in [2.45, 2.75) is 40.5 Å². The molecule has 0 fully saturated rings. The van der Waals surface area contributed by atoms with Gasteiger partial charge in [-0.25, -0.2) is 0 Å². The Morgan fingerprint density at radius 1 is 1.55 bits per heavy atom. The van der Waals surface area contributed by atoms with E-state index < -0.39 is 11.4 Å². The van der Waals surface area contributed by atoms with Crippen LogP contribution in [0, 0.1) is 11.3 Å². The standard InChI is InChI=1S/C9H18O2/c1-5-7(2)6-9(3,4)8(10)11/h7H,5-6H2,1-4H3,(H,10,11). The molecule has 0 saturated carbocycles. The molecule has 0 aromatic heterocycles. The van der Waals surface area contributed by atoms with Gasteiger partial charge < -0.3 is 5.11 Å². The lowest BCUT2D eigenvalue weighted by molar-refractivity contribution is -0.147. The summed E-state index contributed by atoms with van der Waals surface area (Å²) in [6, 6.07) is 0. The molecule has 1 atom stereocenters. The van der Waals surface area contributed by atoms with Gasteiger partial charge in [0.1, 0.15) is 0 Å². The molecule has 1 N–H and O–H groups in total. The van der Waals surface area contributed by atoms with Crippen LogP contribution in [0.15, 0.2) is 0 Å². The minimum atomic E-state index is -0.696. The fraction of sp³-hybridized carbons (Fsp3) is 0.889. The molecule has 0 saturated heterocycles. The molecular formula is C9H18O2. The van der Waals surface area contributed by atoms with E-state index in [4.69, 9.17) is 5.11 Å². The van der Waals surface area contributed by atoms with Gasteiger partial charge in [0.05, 0.1) is 5.41 Å². The van der Waals surface area contributed by atoms with Gasteiger partial charge in [0.25, 0.3) is 0 Å². The highest BCUT2D eigenvalue weighted by Crippen LogP contribution is 2.26. The van der Waals surface area contributed by atoms with E-state index in [0.717, 1.165) is 12.8 Å². The predicted octanol–water partition coefficient (Wildman–Crippen LogP) is 2.53. The summed E-state index contributed by atoms with van der Waals surface area (Å²) >= 11 is 0. The van der Waals surface area contributed by atoms with E-state index in [1.807, 2.05) is 0 Å². The Labute approximate surface area is 68.6 Å². The second-order valence-electron chi connectivity index (χ2n) is 3.91. The first kappa shape index (κ1) is 10.5. The number of hydrogen-bond acceptors (Lipinski definition) is 1. The molecule has 0 amide bonds. The van der Waals surface area contributed by atoms with Gasteiger partial charge in [0, 0.05) is 0 Å². The Hall–Kier alpha value is -0.530. The first-order chi connectivity index (χ1) is 4.90. The van der Waals surface area contributed by atoms with E-state index in [1.165, 1.54) is 0 Å². The molecule has 0 radical (unpaired) electrons. The van der Waals surface area contributed by atoms with Crippen molar-refractivity contribution in [2.24, 2.45) is 11.3 Å². The topological polar surface area (TPSA) is 37.3 Å². The van der Waals surface area contributed by atoms with Crippen LogP contribution >= 0.6 is 0 Å². The maximum atomic E-state index is 10.7. The van der Waals surface area contributed by atoms with Crippen molar-refractivity contribution in [1.29, 1.82) is 0 Å². The van der Waals surface area contributed by atoms with Crippen LogP contribution in [-0.2, 0) is 4.79 Å². The first-order valence-electron chi connectivity index (χ1n) is 4.13. The van der Waals surface area contributed by atoms with E-state index in [2.05, 4.69) is 13.8 Å². The first-order valence-corrected chi connectivity index (χ1v) is 4.13. The predicted molar refractivity (Wildman–Crippen MR) is 45.5 cm³/mol. The van der Waals surface area contributed by atoms with Gasteiger partial charge in [0.2, 0.25) is 0 Å². The van der Waals surface area contributed by atoms with Crippen LogP contribution in [0.1, 0.15) is 40.5 Å². The third-order valence-electron chi connectivity index (χ3n) is 2.13. The van der Waals surface area contributed by atoms with E-state index in [0.29, 0.717) is 5.92 Å². The Balaban J connectivity index is 4.01. The largest absolute Gasteiger partial charge is 0.481 e. The number of carbonyl (C=O) groups is 1. The smallest absolute Gasteiger partial charge is 0.309 e. The summed E-state index contributed by atoms with van der Waals surface area (Å²) in [5.41, 5.74) is -0.560. The highest BCUT2D eigenvalue weighted by atomic mass is 16.4. The van der Waals surface area contributed by atoms with E-state index in [1.54, 1.807) is 13.8 Å². The average Bonchev–Trinajstić information content (AvgIpc) is 1.86. The summed E-state index contributed by atoms with van der Waals surface area (Å²) in [5, 5.41) is 8.79. The molecule has 66 valence electrons. The van der Waals surface area contributed by atoms with Gasteiger partial charge in [0.15, 0.2) is 0 Å². The highest BCUT2D eigenvalue weighted by molar-refractivity contribution is 5.73. The van der Waals surface area contributed by atoms with Gasteiger partial charge >= 0.3 is 5.97 Å². The number of hydrogen-bond donors (Lipinski definition) is 1. The van der Waals surface area contributed by atoms with Gasteiger partial charge in [-0.2, -0.15) is 0 Å². The molecule has 0 aliphatic heterocycles. The lowest BCUT2D eigenvalue weighted by atomic mass is 9.83. The van der Waals surface area contributed by atoms with Crippen LogP contribution in [0.3, 0.4) is 0 Å². The molecule has 0 aliphatic carbocycles. The Kier molecular flexibility index (Phi) is 3.56. The fourth-order valence-corrected chi connectivity index (χ4v) is 1.10. The zero-order chi connectivity index (χ0) is 9.07. The lowest BCUT2D eigenvalue weighted by Crippen LogP contribution is -2.25. The van der Waals surface area contributed by atoms with E-state index in [-0.39, 0.29) is 0 Å². The van der Waals surface area contributed by atoms with Gasteiger partial charge in [-0.3, -0.25) is 4.79 Å². The average molecular weight is 158 g/mol. The minimum Gasteiger partial charge on any atom is -0.481 e. The summed E-state index contributed by atoms with van der Waals surface area (Å²) in [7, 11) is 0. The SMILES string of the molecule is CCC(C)CC(C)(C)C(=O)O. The van der Waals surface area contributed by atoms with Crippen molar-refractivity contribution in [3.05, 3.63) is 0 Å². The molecule has 0 heterocycles. The van der Waals surface area contributed by atoms with Crippen molar-refractivity contribution >= 4 is 5.97 Å². The third kappa shape index (κ3) is 3.40. The molecule has 0 aromatic carbocycles. The second-order valence-corrected chi connectivity index (χ2v) is 3.91. The molecule has 11 heavy (non-hydrogen) atoms. The summed E-state index contributed by atoms with van der Waals surface area (Å²) in [4.78, 5) is 10.7. The molecule has 2 nitrogen and oxygen atoms in total. The van der Waals surface area contributed by atoms with Gasteiger partial charge in [-0.05, 0) is 26.2 Å². The molecule has 2 heteroatoms. The lowest BCUT2D eigenvalue weighted by Gasteiger charge is -2.22. The normalized spacial score (nSPS) is 14.5. The number of carboxylic acids is 1. The summed E-state index contributed by atoms with van der Waals surface area (Å²) < 4.78 is 0. The molecule has 0 rings (SSSR count). The zero-order valence-corrected chi connectivity index (χ0v) is 7.85. The summed E-state index contributed by atoms with van der Waals surface area (Å²) in [6.07, 6.45) is 1.82. The maximum Gasteiger partial charge on any atom is 0.309 e. The Morgan fingerprint density at radius 3 is 2.27 bits per heavy atom. The molecule has 0 aliphatic rings. The Morgan fingerprint density at radius 2 is 2.00 bits per heavy atom. The monoisotopic (exact) mass is 158 g/mol. The second kappa shape index (κ2) is 3.74. The van der Waals surface area contributed by atoms with E-state index >= 15 is 0 Å². The number of rotatable bonds is 4. The molecule has 0 aromatic rings. The number of aliphatic carboxylic acids is 1. The van der Waals surface area contributed by atoms with Crippen LogP contribution in [0.4, 0.5) is 0 Å². The van der Waals surface area contributed by atoms with Crippen molar-refractivity contribution in [3.63, 3.8) is 0 Å². The minimum absolute atomic E-state index is 0.501. The van der Waals surface area contributed by atoms with Crippen molar-refractivity contribution < 1.29 is 9.90 Å². The van der Waals surface area contributed by atoms with Gasteiger partial charge in [-0.1, -0.05) is 20.3 Å². The molecule has 0 spiro atoms. The van der Waals surface area contributed by atoms with Gasteiger partial charge in [-0.15, -0.1) is 0 Å². The van der Waals surface area contributed by atoms with Crippen LogP contribution in [-0.4, -0.2) is 11.1 Å². The number of carboxylic acid groups (broad SMARTS) is 1. The summed E-state index contributed by atoms with van der Waals surface area (Å²) in [5.74, 6) is -0.195. The quantitative estimate of drug-likeness (QED) is 0.682. The van der Waals surface area contributed by atoms with Crippen molar-refractivity contribution in [1.82, 2.24) is 0 Å². The van der Waals surface area contributed by atoms with Crippen LogP contribution in [0.25, 0.3) is 0 Å². The van der Waals surface area contributed by atoms with Crippen LogP contribution in [0.2, 0.25) is 0 Å². The molecular weight excluding hydrogens is 140 g/mol. The maximum absolute atomic E-state index is 10.7. The Bertz CT molecular complexity index is 138. The zero-order valence-electron chi connectivity index (χ0n) is 7.85. The fourth-order valence-electron chi connectivity index (χ4n) is 1.10. The highest BCUT2D eigenvalue weighted by Gasteiger charge is 2.28. The van der Waals surface area contributed by atoms with E-state index in [9.17, 15) is 4.79 Å².